The van der Waals surface area contributed by atoms with Crippen LogP contribution in [-0.4, -0.2) is 23.9 Å². The van der Waals surface area contributed by atoms with Crippen molar-refractivity contribution < 1.29 is 9.59 Å². The second kappa shape index (κ2) is 5.79. The van der Waals surface area contributed by atoms with Gasteiger partial charge in [-0.25, -0.2) is 0 Å². The molecule has 1 N–H and O–H groups in total. The number of hydrogen-bond donors (Lipinski definition) is 1. The van der Waals surface area contributed by atoms with Crippen molar-refractivity contribution in [1.29, 1.82) is 0 Å². The zero-order chi connectivity index (χ0) is 14.7. The summed E-state index contributed by atoms with van der Waals surface area (Å²) < 4.78 is 0. The summed E-state index contributed by atoms with van der Waals surface area (Å²) in [6, 6.07) is 7.39. The number of benzene rings is 1. The largest absolute Gasteiger partial charge is 0.334 e. The maximum atomic E-state index is 12.5. The van der Waals surface area contributed by atoms with E-state index in [9.17, 15) is 9.59 Å². The van der Waals surface area contributed by atoms with E-state index in [1.165, 1.54) is 5.56 Å². The molecule has 4 heteroatoms. The molecule has 0 saturated carbocycles. The van der Waals surface area contributed by atoms with Crippen LogP contribution in [0.15, 0.2) is 24.3 Å². The van der Waals surface area contributed by atoms with E-state index in [2.05, 4.69) is 17.2 Å². The molecule has 2 rings (SSSR count). The van der Waals surface area contributed by atoms with Crippen LogP contribution < -0.4 is 10.2 Å². The first kappa shape index (κ1) is 14.1. The molecule has 0 aromatic heterocycles. The number of fused-ring (bicyclic) bond motifs is 1. The van der Waals surface area contributed by atoms with Crippen molar-refractivity contribution in [2.24, 2.45) is 0 Å². The molecule has 104 valence electrons. The molecule has 1 aromatic carbocycles. The van der Waals surface area contributed by atoms with Crippen molar-refractivity contribution >= 4 is 17.5 Å². The molecule has 4 nitrogen and oxygen atoms in total. The van der Waals surface area contributed by atoms with E-state index in [1.54, 1.807) is 18.7 Å². The highest BCUT2D eigenvalue weighted by Crippen LogP contribution is 2.32. The number of amides is 2. The first-order valence-corrected chi connectivity index (χ1v) is 6.68. The molecule has 0 bridgehead atoms. The minimum Gasteiger partial charge on any atom is -0.334 e. The molecular weight excluding hydrogens is 252 g/mol. The zero-order valence-electron chi connectivity index (χ0n) is 11.9. The van der Waals surface area contributed by atoms with E-state index in [4.69, 9.17) is 0 Å². The predicted octanol–water partition coefficient (Wildman–Crippen LogP) is 1.49. The van der Waals surface area contributed by atoms with Crippen LogP contribution in [0.3, 0.4) is 0 Å². The highest BCUT2D eigenvalue weighted by Gasteiger charge is 2.33. The van der Waals surface area contributed by atoms with Crippen LogP contribution in [0.25, 0.3) is 0 Å². The highest BCUT2D eigenvalue weighted by molar-refractivity contribution is 6.03. The molecule has 0 radical (unpaired) electrons. The Balaban J connectivity index is 2.16. The summed E-state index contributed by atoms with van der Waals surface area (Å²) in [7, 11) is 0. The Hall–Kier alpha value is -2.28. The van der Waals surface area contributed by atoms with Crippen molar-refractivity contribution in [1.82, 2.24) is 5.32 Å². The second-order valence-corrected chi connectivity index (χ2v) is 4.96. The SMILES string of the molecule is CC#CC(=O)NC(C)C(=O)N1c2ccccc2CC1C. The first-order valence-electron chi connectivity index (χ1n) is 6.68. The van der Waals surface area contributed by atoms with Gasteiger partial charge in [0.15, 0.2) is 0 Å². The van der Waals surface area contributed by atoms with Gasteiger partial charge in [-0.05, 0) is 44.7 Å². The third-order valence-electron chi connectivity index (χ3n) is 3.40. The molecule has 2 amide bonds. The second-order valence-electron chi connectivity index (χ2n) is 4.96. The maximum Gasteiger partial charge on any atom is 0.296 e. The maximum absolute atomic E-state index is 12.5. The van der Waals surface area contributed by atoms with Crippen LogP contribution in [0.1, 0.15) is 26.3 Å². The number of nitrogens with one attached hydrogen (secondary N) is 1. The Bertz CT molecular complexity index is 598. The van der Waals surface area contributed by atoms with Gasteiger partial charge in [-0.15, -0.1) is 0 Å². The Labute approximate surface area is 119 Å². The number of carbonyl (C=O) groups excluding carboxylic acids is 2. The van der Waals surface area contributed by atoms with Crippen LogP contribution in [-0.2, 0) is 16.0 Å². The molecule has 2 unspecified atom stereocenters. The van der Waals surface area contributed by atoms with E-state index in [0.29, 0.717) is 0 Å². The van der Waals surface area contributed by atoms with E-state index in [-0.39, 0.29) is 11.9 Å². The Morgan fingerprint density at radius 3 is 2.80 bits per heavy atom. The van der Waals surface area contributed by atoms with Gasteiger partial charge < -0.3 is 10.2 Å². The van der Waals surface area contributed by atoms with Crippen LogP contribution in [0.2, 0.25) is 0 Å². The fourth-order valence-corrected chi connectivity index (χ4v) is 2.52. The van der Waals surface area contributed by atoms with Gasteiger partial charge in [0, 0.05) is 11.7 Å². The molecule has 0 spiro atoms. The smallest absolute Gasteiger partial charge is 0.296 e. The number of rotatable bonds is 2. The average molecular weight is 270 g/mol. The number of carbonyl (C=O) groups is 2. The fourth-order valence-electron chi connectivity index (χ4n) is 2.52. The van der Waals surface area contributed by atoms with Crippen LogP contribution >= 0.6 is 0 Å². The number of hydrogen-bond acceptors (Lipinski definition) is 2. The van der Waals surface area contributed by atoms with Gasteiger partial charge in [0.25, 0.3) is 5.91 Å². The standard InChI is InChI=1S/C16H18N2O2/c1-4-7-15(19)17-12(3)16(20)18-11(2)10-13-8-5-6-9-14(13)18/h5-6,8-9,11-12H,10H2,1-3H3,(H,17,19). The predicted molar refractivity (Wildman–Crippen MR) is 78.1 cm³/mol. The van der Waals surface area contributed by atoms with Crippen LogP contribution in [0.5, 0.6) is 0 Å². The molecule has 1 heterocycles. The normalized spacial score (nSPS) is 17.8. The lowest BCUT2D eigenvalue weighted by Gasteiger charge is -2.26. The zero-order valence-corrected chi connectivity index (χ0v) is 11.9. The monoisotopic (exact) mass is 270 g/mol. The van der Waals surface area contributed by atoms with E-state index >= 15 is 0 Å². The lowest BCUT2D eigenvalue weighted by Crippen LogP contribution is -2.48. The molecule has 20 heavy (non-hydrogen) atoms. The van der Waals surface area contributed by atoms with Gasteiger partial charge in [-0.1, -0.05) is 24.1 Å². The molecule has 1 aliphatic heterocycles. The topological polar surface area (TPSA) is 49.4 Å². The Morgan fingerprint density at radius 1 is 1.40 bits per heavy atom. The van der Waals surface area contributed by atoms with Crippen molar-refractivity contribution in [2.45, 2.75) is 39.3 Å². The average Bonchev–Trinajstić information content (AvgIpc) is 2.73. The molecule has 0 saturated heterocycles. The molecular formula is C16H18N2O2. The molecule has 0 fully saturated rings. The quantitative estimate of drug-likeness (QED) is 0.828. The van der Waals surface area contributed by atoms with Crippen LogP contribution in [0.4, 0.5) is 5.69 Å². The van der Waals surface area contributed by atoms with E-state index in [0.717, 1.165) is 12.1 Å². The summed E-state index contributed by atoms with van der Waals surface area (Å²) in [5.41, 5.74) is 2.10. The van der Waals surface area contributed by atoms with E-state index < -0.39 is 11.9 Å². The van der Waals surface area contributed by atoms with Gasteiger partial charge in [0.1, 0.15) is 6.04 Å². The lowest BCUT2D eigenvalue weighted by molar-refractivity contribution is -0.124. The fraction of sp³-hybridized carbons (Fsp3) is 0.375. The Kier molecular flexibility index (Phi) is 4.09. The van der Waals surface area contributed by atoms with Gasteiger partial charge in [0.05, 0.1) is 0 Å². The summed E-state index contributed by atoms with van der Waals surface area (Å²) in [4.78, 5) is 25.7. The first-order chi connectivity index (χ1) is 9.54. The third-order valence-corrected chi connectivity index (χ3v) is 3.40. The van der Waals surface area contributed by atoms with Crippen molar-refractivity contribution in [3.63, 3.8) is 0 Å². The number of nitrogens with zero attached hydrogens (tertiary/aromatic N) is 1. The molecule has 2 atom stereocenters. The van der Waals surface area contributed by atoms with Gasteiger partial charge in [-0.3, -0.25) is 9.59 Å². The van der Waals surface area contributed by atoms with Gasteiger partial charge in [0.2, 0.25) is 5.91 Å². The minimum atomic E-state index is -0.586. The summed E-state index contributed by atoms with van der Waals surface area (Å²) >= 11 is 0. The molecule has 1 aliphatic rings. The summed E-state index contributed by atoms with van der Waals surface area (Å²) in [5.74, 6) is 4.37. The number of para-hydroxylation sites is 1. The van der Waals surface area contributed by atoms with Gasteiger partial charge in [-0.2, -0.15) is 0 Å². The summed E-state index contributed by atoms with van der Waals surface area (Å²) in [6.07, 6.45) is 0.845. The Morgan fingerprint density at radius 2 is 2.10 bits per heavy atom. The summed E-state index contributed by atoms with van der Waals surface area (Å²) in [6.45, 7) is 5.29. The van der Waals surface area contributed by atoms with Crippen molar-refractivity contribution in [2.75, 3.05) is 4.90 Å². The van der Waals surface area contributed by atoms with Crippen LogP contribution in [0, 0.1) is 11.8 Å². The summed E-state index contributed by atoms with van der Waals surface area (Å²) in [5, 5.41) is 2.61. The molecule has 1 aromatic rings. The highest BCUT2D eigenvalue weighted by atomic mass is 16.2. The third kappa shape index (κ3) is 2.67. The van der Waals surface area contributed by atoms with Crippen molar-refractivity contribution in [3.8, 4) is 11.8 Å². The van der Waals surface area contributed by atoms with E-state index in [1.807, 2.05) is 31.2 Å². The molecule has 0 aliphatic carbocycles. The minimum absolute atomic E-state index is 0.103. The van der Waals surface area contributed by atoms with Crippen molar-refractivity contribution in [3.05, 3.63) is 29.8 Å². The number of anilines is 1. The van der Waals surface area contributed by atoms with Gasteiger partial charge >= 0.3 is 0 Å². The lowest BCUT2D eigenvalue weighted by atomic mass is 10.1.